The third-order valence-corrected chi connectivity index (χ3v) is 1.48. The molecule has 1 aliphatic rings. The van der Waals surface area contributed by atoms with Gasteiger partial charge >= 0.3 is 0 Å². The van der Waals surface area contributed by atoms with Crippen molar-refractivity contribution in [1.29, 1.82) is 0 Å². The molecule has 11 heavy (non-hydrogen) atoms. The second-order valence-corrected chi connectivity index (χ2v) is 2.61. The molecule has 0 aromatic heterocycles. The van der Waals surface area contributed by atoms with Crippen LogP contribution in [0, 0.1) is 11.8 Å². The summed E-state index contributed by atoms with van der Waals surface area (Å²) in [7, 11) is 0. The Kier molecular flexibility index (Phi) is 2.28. The lowest BCUT2D eigenvalue weighted by Crippen LogP contribution is -2.02. The van der Waals surface area contributed by atoms with E-state index in [0.29, 0.717) is 0 Å². The van der Waals surface area contributed by atoms with Crippen LogP contribution in [-0.2, 0) is 0 Å². The van der Waals surface area contributed by atoms with Gasteiger partial charge in [-0.3, -0.25) is 0 Å². The van der Waals surface area contributed by atoms with E-state index < -0.39 is 0 Å². The molecule has 0 fully saturated rings. The van der Waals surface area contributed by atoms with Crippen molar-refractivity contribution in [2.45, 2.75) is 20.3 Å². The van der Waals surface area contributed by atoms with Crippen molar-refractivity contribution in [1.82, 2.24) is 0 Å². The molecule has 0 spiro atoms. The zero-order chi connectivity index (χ0) is 8.27. The highest BCUT2D eigenvalue weighted by Crippen LogP contribution is 2.15. The highest BCUT2D eigenvalue weighted by Gasteiger charge is 2.06. The van der Waals surface area contributed by atoms with Crippen molar-refractivity contribution in [3.05, 3.63) is 23.9 Å². The summed E-state index contributed by atoms with van der Waals surface area (Å²) in [6, 6.07) is 0. The summed E-state index contributed by atoms with van der Waals surface area (Å²) in [6.07, 6.45) is 2.77. The first-order chi connectivity index (χ1) is 5.24. The van der Waals surface area contributed by atoms with Gasteiger partial charge in [0.15, 0.2) is 0 Å². The highest BCUT2D eigenvalue weighted by molar-refractivity contribution is 6.13. The van der Waals surface area contributed by atoms with Gasteiger partial charge in [-0.1, -0.05) is 18.1 Å². The maximum absolute atomic E-state index is 4.16. The van der Waals surface area contributed by atoms with E-state index >= 15 is 0 Å². The Bertz CT molecular complexity index is 295. The van der Waals surface area contributed by atoms with Crippen LogP contribution in [-0.4, -0.2) is 5.71 Å². The standard InChI is InChI=1S/C10H11N/c1-4-5-10-9(3)6-8(2)7-11-10/h7H,3,6H2,1-2H3. The Labute approximate surface area is 67.5 Å². The van der Waals surface area contributed by atoms with Gasteiger partial charge in [-0.25, -0.2) is 4.99 Å². The van der Waals surface area contributed by atoms with Crippen LogP contribution in [0.15, 0.2) is 28.9 Å². The fraction of sp³-hybridized carbons (Fsp3) is 0.300. The van der Waals surface area contributed by atoms with Crippen LogP contribution in [0.3, 0.4) is 0 Å². The van der Waals surface area contributed by atoms with Crippen LogP contribution in [0.25, 0.3) is 0 Å². The summed E-state index contributed by atoms with van der Waals surface area (Å²) < 4.78 is 0. The Morgan fingerprint density at radius 3 is 2.91 bits per heavy atom. The van der Waals surface area contributed by atoms with Crippen molar-refractivity contribution in [2.75, 3.05) is 0 Å². The van der Waals surface area contributed by atoms with E-state index in [1.54, 1.807) is 6.92 Å². The summed E-state index contributed by atoms with van der Waals surface area (Å²) in [6.45, 7) is 7.74. The SMILES string of the molecule is C=C1CC(C)=CN=C1C#CC. The Hall–Kier alpha value is -1.29. The van der Waals surface area contributed by atoms with E-state index in [9.17, 15) is 0 Å². The number of nitrogens with zero attached hydrogens (tertiary/aromatic N) is 1. The van der Waals surface area contributed by atoms with Gasteiger partial charge in [-0.05, 0) is 31.8 Å². The second-order valence-electron chi connectivity index (χ2n) is 2.61. The summed E-state index contributed by atoms with van der Waals surface area (Å²) in [5.41, 5.74) is 3.11. The van der Waals surface area contributed by atoms with Gasteiger partial charge in [0, 0.05) is 6.20 Å². The van der Waals surface area contributed by atoms with E-state index in [-0.39, 0.29) is 0 Å². The van der Waals surface area contributed by atoms with Crippen molar-refractivity contribution in [3.8, 4) is 11.8 Å². The monoisotopic (exact) mass is 145 g/mol. The van der Waals surface area contributed by atoms with Gasteiger partial charge in [-0.2, -0.15) is 0 Å². The van der Waals surface area contributed by atoms with E-state index in [2.05, 4.69) is 23.4 Å². The molecular weight excluding hydrogens is 134 g/mol. The predicted molar refractivity (Wildman–Crippen MR) is 48.4 cm³/mol. The van der Waals surface area contributed by atoms with Gasteiger partial charge < -0.3 is 0 Å². The minimum absolute atomic E-state index is 0.832. The van der Waals surface area contributed by atoms with Crippen molar-refractivity contribution in [2.24, 2.45) is 4.99 Å². The zero-order valence-corrected chi connectivity index (χ0v) is 6.94. The third-order valence-electron chi connectivity index (χ3n) is 1.48. The van der Waals surface area contributed by atoms with Crippen LogP contribution in [0.2, 0.25) is 0 Å². The van der Waals surface area contributed by atoms with Gasteiger partial charge in [0.05, 0.1) is 0 Å². The molecular formula is C10H11N. The van der Waals surface area contributed by atoms with Crippen LogP contribution in [0.4, 0.5) is 0 Å². The highest BCUT2D eigenvalue weighted by atomic mass is 14.7. The topological polar surface area (TPSA) is 12.4 Å². The number of rotatable bonds is 0. The first kappa shape index (κ1) is 7.81. The van der Waals surface area contributed by atoms with E-state index in [0.717, 1.165) is 17.7 Å². The Morgan fingerprint density at radius 1 is 1.64 bits per heavy atom. The zero-order valence-electron chi connectivity index (χ0n) is 6.94. The Balaban J connectivity index is 2.93. The third kappa shape index (κ3) is 1.81. The predicted octanol–water partition coefficient (Wildman–Crippen LogP) is 2.31. The number of aliphatic imine (C=N–C) groups is 1. The second kappa shape index (κ2) is 3.21. The maximum atomic E-state index is 4.16. The van der Waals surface area contributed by atoms with Crippen molar-refractivity contribution < 1.29 is 0 Å². The molecule has 0 N–H and O–H groups in total. The molecule has 0 aliphatic carbocycles. The van der Waals surface area contributed by atoms with Crippen LogP contribution in [0.5, 0.6) is 0 Å². The van der Waals surface area contributed by atoms with Crippen LogP contribution in [0.1, 0.15) is 20.3 Å². The lowest BCUT2D eigenvalue weighted by Gasteiger charge is -2.08. The molecule has 56 valence electrons. The van der Waals surface area contributed by atoms with Crippen molar-refractivity contribution in [3.63, 3.8) is 0 Å². The molecule has 0 aromatic rings. The molecule has 0 saturated carbocycles. The minimum atomic E-state index is 0.832. The molecule has 1 heterocycles. The quantitative estimate of drug-likeness (QED) is 0.464. The minimum Gasteiger partial charge on any atom is -0.248 e. The molecule has 1 nitrogen and oxygen atoms in total. The fourth-order valence-corrected chi connectivity index (χ4v) is 0.971. The summed E-state index contributed by atoms with van der Waals surface area (Å²) >= 11 is 0. The molecule has 1 rings (SSSR count). The summed E-state index contributed by atoms with van der Waals surface area (Å²) in [4.78, 5) is 4.16. The van der Waals surface area contributed by atoms with Gasteiger partial charge in [0.1, 0.15) is 5.71 Å². The number of hydrogen-bond donors (Lipinski definition) is 0. The maximum Gasteiger partial charge on any atom is 0.116 e. The van der Waals surface area contributed by atoms with Gasteiger partial charge in [0.2, 0.25) is 0 Å². The molecule has 1 heteroatoms. The van der Waals surface area contributed by atoms with E-state index in [1.807, 2.05) is 13.1 Å². The fourth-order valence-electron chi connectivity index (χ4n) is 0.971. The van der Waals surface area contributed by atoms with Gasteiger partial charge in [-0.15, -0.1) is 0 Å². The average molecular weight is 145 g/mol. The number of allylic oxidation sites excluding steroid dienone is 2. The summed E-state index contributed by atoms with van der Waals surface area (Å²) in [5.74, 6) is 5.72. The molecule has 0 aromatic carbocycles. The molecule has 0 unspecified atom stereocenters. The lowest BCUT2D eigenvalue weighted by molar-refractivity contribution is 1.13. The number of hydrogen-bond acceptors (Lipinski definition) is 1. The van der Waals surface area contributed by atoms with E-state index in [1.165, 1.54) is 5.57 Å². The summed E-state index contributed by atoms with van der Waals surface area (Å²) in [5, 5.41) is 0. The molecule has 0 bridgehead atoms. The molecule has 0 saturated heterocycles. The first-order valence-corrected chi connectivity index (χ1v) is 3.58. The first-order valence-electron chi connectivity index (χ1n) is 3.58. The smallest absolute Gasteiger partial charge is 0.116 e. The lowest BCUT2D eigenvalue weighted by atomic mass is 10.0. The van der Waals surface area contributed by atoms with Crippen LogP contribution >= 0.6 is 0 Å². The normalized spacial score (nSPS) is 16.4. The Morgan fingerprint density at radius 2 is 2.36 bits per heavy atom. The molecule has 1 aliphatic heterocycles. The molecule has 0 radical (unpaired) electrons. The van der Waals surface area contributed by atoms with Crippen LogP contribution < -0.4 is 0 Å². The largest absolute Gasteiger partial charge is 0.248 e. The molecule has 0 atom stereocenters. The molecule has 0 amide bonds. The van der Waals surface area contributed by atoms with Gasteiger partial charge in [0.25, 0.3) is 0 Å². The average Bonchev–Trinajstić information content (AvgIpc) is 1.95. The van der Waals surface area contributed by atoms with Crippen molar-refractivity contribution >= 4 is 5.71 Å². The van der Waals surface area contributed by atoms with E-state index in [4.69, 9.17) is 0 Å².